The predicted molar refractivity (Wildman–Crippen MR) is 12.1 cm³/mol. The summed E-state index contributed by atoms with van der Waals surface area (Å²) in [5, 5.41) is 15.5. The standard InChI is InChI=1S/B.H2O3/c;1-3-2/h;1-2H. The fourth-order valence-corrected chi connectivity index (χ4v) is 0. The highest BCUT2D eigenvalue weighted by molar-refractivity contribution is 5.75. The molecule has 0 bridgehead atoms. The van der Waals surface area contributed by atoms with Crippen LogP contribution < -0.4 is 0 Å². The van der Waals surface area contributed by atoms with E-state index >= 15 is 0 Å². The first kappa shape index (κ1) is 9.04. The molecule has 0 saturated carbocycles. The van der Waals surface area contributed by atoms with Crippen molar-refractivity contribution in [3.05, 3.63) is 0 Å². The van der Waals surface area contributed by atoms with E-state index in [0.29, 0.717) is 0 Å². The third-order valence-electron chi connectivity index (χ3n) is 0. The monoisotopic (exact) mass is 61.0 g/mol. The summed E-state index contributed by atoms with van der Waals surface area (Å²) in [6.07, 6.45) is 0. The zero-order valence-corrected chi connectivity index (χ0v) is 1.88. The molecule has 3 radical (unpaired) electrons. The first-order chi connectivity index (χ1) is 1.41. The Labute approximate surface area is 25.3 Å². The van der Waals surface area contributed by atoms with Gasteiger partial charge in [-0.1, -0.05) is 5.04 Å². The van der Waals surface area contributed by atoms with E-state index in [1.165, 1.54) is 0 Å². The molecule has 0 aromatic rings. The molecule has 0 saturated heterocycles. The van der Waals surface area contributed by atoms with E-state index in [2.05, 4.69) is 5.04 Å². The molecule has 23 valence electrons. The van der Waals surface area contributed by atoms with Crippen molar-refractivity contribution in [3.8, 4) is 0 Å². The van der Waals surface area contributed by atoms with Crippen molar-refractivity contribution < 1.29 is 15.6 Å². The van der Waals surface area contributed by atoms with Crippen molar-refractivity contribution in [3.63, 3.8) is 0 Å². The highest BCUT2D eigenvalue weighted by atomic mass is 17.4. The Hall–Kier alpha value is -0.0551. The first-order valence-electron chi connectivity index (χ1n) is 0.365. The third-order valence-corrected chi connectivity index (χ3v) is 0. The van der Waals surface area contributed by atoms with Crippen molar-refractivity contribution in [2.45, 2.75) is 0 Å². The molecule has 0 rings (SSSR count). The van der Waals surface area contributed by atoms with Crippen LogP contribution in [0.1, 0.15) is 0 Å². The first-order valence-corrected chi connectivity index (χ1v) is 0.365. The quantitative estimate of drug-likeness (QED) is 0.227. The van der Waals surface area contributed by atoms with Crippen molar-refractivity contribution in [1.29, 1.82) is 0 Å². The largest absolute Gasteiger partial charge is 0.221 e. The lowest BCUT2D eigenvalue weighted by atomic mass is 10.8. The average Bonchev–Trinajstić information content (AvgIpc) is 0.918. The molecule has 0 fully saturated rings. The molecule has 0 aromatic heterocycles. The van der Waals surface area contributed by atoms with Crippen LogP contribution in [0.2, 0.25) is 0 Å². The fourth-order valence-electron chi connectivity index (χ4n) is 0. The molecule has 0 aliphatic heterocycles. The molecule has 0 aliphatic rings. The number of rotatable bonds is 0. The van der Waals surface area contributed by atoms with E-state index in [4.69, 9.17) is 10.5 Å². The highest BCUT2D eigenvalue weighted by Crippen LogP contribution is 1.24. The Morgan fingerprint density at radius 2 is 1.25 bits per heavy atom. The van der Waals surface area contributed by atoms with E-state index < -0.39 is 0 Å². The number of hydrogen-bond donors (Lipinski definition) is 2. The van der Waals surface area contributed by atoms with Gasteiger partial charge in [-0.3, -0.25) is 0 Å². The van der Waals surface area contributed by atoms with Gasteiger partial charge in [0.1, 0.15) is 0 Å². The third kappa shape index (κ3) is 573. The summed E-state index contributed by atoms with van der Waals surface area (Å²) in [4.78, 5) is 0. The van der Waals surface area contributed by atoms with Crippen LogP contribution in [-0.4, -0.2) is 18.9 Å². The number of hydrogen-bond acceptors (Lipinski definition) is 3. The molecule has 4 heavy (non-hydrogen) atoms. The highest BCUT2D eigenvalue weighted by Gasteiger charge is 1.27. The van der Waals surface area contributed by atoms with Crippen LogP contribution in [0.15, 0.2) is 0 Å². The Morgan fingerprint density at radius 3 is 1.25 bits per heavy atom. The molecular formula is H2BO3. The van der Waals surface area contributed by atoms with E-state index in [0.717, 1.165) is 0 Å². The molecule has 0 unspecified atom stereocenters. The lowest BCUT2D eigenvalue weighted by molar-refractivity contribution is -0.465. The molecular weight excluding hydrogens is 58.8 g/mol. The summed E-state index contributed by atoms with van der Waals surface area (Å²) < 4.78 is 0. The molecule has 0 atom stereocenters. The van der Waals surface area contributed by atoms with Crippen molar-refractivity contribution in [2.24, 2.45) is 0 Å². The normalized spacial score (nSPS) is 4.50. The molecule has 0 aliphatic carbocycles. The van der Waals surface area contributed by atoms with Gasteiger partial charge < -0.3 is 0 Å². The topological polar surface area (TPSA) is 49.7 Å². The molecule has 3 nitrogen and oxygen atoms in total. The maximum Gasteiger partial charge on any atom is 0 e. The maximum atomic E-state index is 6.62. The SMILES string of the molecule is OOO.[B]. The smallest absolute Gasteiger partial charge is 0 e. The van der Waals surface area contributed by atoms with Crippen molar-refractivity contribution >= 4 is 8.41 Å². The van der Waals surface area contributed by atoms with Crippen LogP contribution in [0.4, 0.5) is 0 Å². The second kappa shape index (κ2) is 12.5. The Kier molecular flexibility index (Phi) is 28.2. The van der Waals surface area contributed by atoms with Crippen LogP contribution >= 0.6 is 0 Å². The molecule has 4 heteroatoms. The summed E-state index contributed by atoms with van der Waals surface area (Å²) in [6, 6.07) is 0. The van der Waals surface area contributed by atoms with Gasteiger partial charge in [-0.05, 0) is 0 Å². The Balaban J connectivity index is 0. The van der Waals surface area contributed by atoms with Crippen LogP contribution in [0.25, 0.3) is 0 Å². The molecule has 0 spiro atoms. The zero-order valence-electron chi connectivity index (χ0n) is 1.88. The Bertz CT molecular complexity index is 3.25. The Morgan fingerprint density at radius 1 is 1.25 bits per heavy atom. The van der Waals surface area contributed by atoms with Gasteiger partial charge in [0, 0.05) is 8.41 Å². The van der Waals surface area contributed by atoms with Gasteiger partial charge in [-0.15, -0.1) is 0 Å². The minimum atomic E-state index is 0. The van der Waals surface area contributed by atoms with Gasteiger partial charge in [-0.2, -0.15) is 0 Å². The zero-order chi connectivity index (χ0) is 2.71. The second-order valence-electron chi connectivity index (χ2n) is 0.0816. The van der Waals surface area contributed by atoms with Crippen molar-refractivity contribution in [1.82, 2.24) is 0 Å². The average molecular weight is 60.8 g/mol. The summed E-state index contributed by atoms with van der Waals surface area (Å²) in [6.45, 7) is 0. The van der Waals surface area contributed by atoms with Gasteiger partial charge in [-0.25, -0.2) is 10.5 Å². The summed E-state index contributed by atoms with van der Waals surface area (Å²) in [5.74, 6) is 0. The molecule has 2 N–H and O–H groups in total. The van der Waals surface area contributed by atoms with Gasteiger partial charge in [0.2, 0.25) is 0 Å². The van der Waals surface area contributed by atoms with Crippen LogP contribution in [0.3, 0.4) is 0 Å². The fraction of sp³-hybridized carbons (Fsp3) is 0. The van der Waals surface area contributed by atoms with E-state index in [-0.39, 0.29) is 8.41 Å². The van der Waals surface area contributed by atoms with Crippen LogP contribution in [0, 0.1) is 0 Å². The van der Waals surface area contributed by atoms with E-state index in [1.807, 2.05) is 0 Å². The van der Waals surface area contributed by atoms with Crippen molar-refractivity contribution in [2.75, 3.05) is 0 Å². The minimum Gasteiger partial charge on any atom is -0.221 e. The maximum absolute atomic E-state index is 6.62. The van der Waals surface area contributed by atoms with Gasteiger partial charge in [0.25, 0.3) is 0 Å². The predicted octanol–water partition coefficient (Wildman–Crippen LogP) is -0.432. The van der Waals surface area contributed by atoms with E-state index in [9.17, 15) is 0 Å². The second-order valence-corrected chi connectivity index (χ2v) is 0.0816. The molecule has 0 amide bonds. The van der Waals surface area contributed by atoms with Crippen LogP contribution in [-0.2, 0) is 5.04 Å². The minimum absolute atomic E-state index is 0. The lowest BCUT2D eigenvalue weighted by Gasteiger charge is -1.56. The summed E-state index contributed by atoms with van der Waals surface area (Å²) >= 11 is 0. The van der Waals surface area contributed by atoms with Gasteiger partial charge in [0.15, 0.2) is 0 Å². The van der Waals surface area contributed by atoms with Gasteiger partial charge in [0.05, 0.1) is 0 Å². The molecule has 0 heterocycles. The van der Waals surface area contributed by atoms with Gasteiger partial charge >= 0.3 is 0 Å². The van der Waals surface area contributed by atoms with Crippen LogP contribution in [0.5, 0.6) is 0 Å². The lowest BCUT2D eigenvalue weighted by Crippen LogP contribution is -1.60. The summed E-state index contributed by atoms with van der Waals surface area (Å²) in [5.41, 5.74) is 0. The summed E-state index contributed by atoms with van der Waals surface area (Å²) in [7, 11) is 0. The van der Waals surface area contributed by atoms with E-state index in [1.54, 1.807) is 0 Å². The molecule has 0 aromatic carbocycles.